The van der Waals surface area contributed by atoms with Gasteiger partial charge in [0.15, 0.2) is 0 Å². The van der Waals surface area contributed by atoms with Crippen molar-refractivity contribution in [1.82, 2.24) is 20.0 Å². The average molecular weight is 481 g/mol. The van der Waals surface area contributed by atoms with Crippen molar-refractivity contribution >= 4 is 11.9 Å². The SMILES string of the molecule is O=C(OCCCc1nc(-c2cccnc2)no1)[C@@H]1CC(O)CN1C(=O)C12CC3CC(CC(C3)C1)C2. The van der Waals surface area contributed by atoms with Gasteiger partial charge in [0.2, 0.25) is 17.6 Å². The molecule has 1 N–H and O–H groups in total. The molecule has 2 aromatic rings. The summed E-state index contributed by atoms with van der Waals surface area (Å²) in [4.78, 5) is 36.8. The molecule has 2 atom stereocenters. The van der Waals surface area contributed by atoms with Gasteiger partial charge in [0.05, 0.1) is 18.1 Å². The van der Waals surface area contributed by atoms with Crippen LogP contribution >= 0.6 is 0 Å². The zero-order valence-electron chi connectivity index (χ0n) is 19.8. The number of aliphatic hydroxyl groups is 1. The first-order valence-electron chi connectivity index (χ1n) is 12.9. The maximum atomic E-state index is 13.8. The summed E-state index contributed by atoms with van der Waals surface area (Å²) >= 11 is 0. The normalized spacial score (nSPS) is 33.3. The van der Waals surface area contributed by atoms with E-state index in [0.29, 0.717) is 42.3 Å². The van der Waals surface area contributed by atoms with Crippen LogP contribution in [-0.4, -0.2) is 62.3 Å². The Morgan fingerprint density at radius 1 is 1.14 bits per heavy atom. The van der Waals surface area contributed by atoms with Crippen LogP contribution < -0.4 is 0 Å². The molecule has 1 unspecified atom stereocenters. The second-order valence-corrected chi connectivity index (χ2v) is 11.1. The van der Waals surface area contributed by atoms with Gasteiger partial charge < -0.3 is 19.3 Å². The summed E-state index contributed by atoms with van der Waals surface area (Å²) in [6.07, 6.45) is 10.5. The number of aliphatic hydroxyl groups excluding tert-OH is 1. The van der Waals surface area contributed by atoms with Crippen LogP contribution in [0.25, 0.3) is 11.4 Å². The van der Waals surface area contributed by atoms with E-state index in [9.17, 15) is 14.7 Å². The number of carbonyl (C=O) groups is 2. The van der Waals surface area contributed by atoms with E-state index < -0.39 is 18.1 Å². The summed E-state index contributed by atoms with van der Waals surface area (Å²) in [5, 5.41) is 14.3. The van der Waals surface area contributed by atoms with Crippen LogP contribution in [0.2, 0.25) is 0 Å². The van der Waals surface area contributed by atoms with E-state index in [1.165, 1.54) is 19.3 Å². The molecular formula is C26H32N4O5. The molecule has 5 fully saturated rings. The molecular weight excluding hydrogens is 448 g/mol. The lowest BCUT2D eigenvalue weighted by Crippen LogP contribution is -2.56. The Morgan fingerprint density at radius 3 is 2.57 bits per heavy atom. The summed E-state index contributed by atoms with van der Waals surface area (Å²) in [7, 11) is 0. The minimum atomic E-state index is -0.703. The first kappa shape index (κ1) is 22.6. The molecule has 1 amide bonds. The Morgan fingerprint density at radius 2 is 1.89 bits per heavy atom. The highest BCUT2D eigenvalue weighted by Crippen LogP contribution is 2.60. The first-order chi connectivity index (χ1) is 17.0. The Kier molecular flexibility index (Phi) is 5.82. The predicted molar refractivity (Wildman–Crippen MR) is 124 cm³/mol. The van der Waals surface area contributed by atoms with Gasteiger partial charge in [-0.15, -0.1) is 0 Å². The lowest BCUT2D eigenvalue weighted by molar-refractivity contribution is -0.165. The number of carbonyl (C=O) groups excluding carboxylic acids is 2. The molecule has 35 heavy (non-hydrogen) atoms. The van der Waals surface area contributed by atoms with Gasteiger partial charge in [-0.3, -0.25) is 9.78 Å². The van der Waals surface area contributed by atoms with Crippen molar-refractivity contribution in [1.29, 1.82) is 0 Å². The predicted octanol–water partition coefficient (Wildman–Crippen LogP) is 2.79. The largest absolute Gasteiger partial charge is 0.464 e. The van der Waals surface area contributed by atoms with Gasteiger partial charge in [-0.2, -0.15) is 4.98 Å². The van der Waals surface area contributed by atoms with Crippen LogP contribution in [0.1, 0.15) is 57.3 Å². The van der Waals surface area contributed by atoms with Crippen molar-refractivity contribution in [3.05, 3.63) is 30.4 Å². The number of β-amino-alcohol motifs (C(OH)–C–C–N with tert-alkyl or cyclic N) is 1. The van der Waals surface area contributed by atoms with E-state index in [0.717, 1.165) is 24.8 Å². The van der Waals surface area contributed by atoms with Gasteiger partial charge in [-0.1, -0.05) is 5.16 Å². The molecule has 4 aliphatic carbocycles. The minimum Gasteiger partial charge on any atom is -0.464 e. The van der Waals surface area contributed by atoms with Gasteiger partial charge in [0, 0.05) is 37.3 Å². The fourth-order valence-electron chi connectivity index (χ4n) is 7.40. The van der Waals surface area contributed by atoms with Crippen LogP contribution in [0.4, 0.5) is 0 Å². The molecule has 2 aromatic heterocycles. The summed E-state index contributed by atoms with van der Waals surface area (Å²) in [6.45, 7) is 0.412. The van der Waals surface area contributed by atoms with Gasteiger partial charge in [-0.25, -0.2) is 4.79 Å². The van der Waals surface area contributed by atoms with Crippen LogP contribution in [0.5, 0.6) is 0 Å². The molecule has 186 valence electrons. The third kappa shape index (κ3) is 4.35. The Balaban J connectivity index is 1.04. The number of ether oxygens (including phenoxy) is 1. The summed E-state index contributed by atoms with van der Waals surface area (Å²) < 4.78 is 10.8. The van der Waals surface area contributed by atoms with E-state index in [-0.39, 0.29) is 30.9 Å². The van der Waals surface area contributed by atoms with Crippen LogP contribution in [0.15, 0.2) is 29.0 Å². The Hall–Kier alpha value is -2.81. The first-order valence-corrected chi connectivity index (χ1v) is 12.9. The van der Waals surface area contributed by atoms with Gasteiger partial charge in [0.1, 0.15) is 6.04 Å². The van der Waals surface area contributed by atoms with Crippen molar-refractivity contribution in [3.8, 4) is 11.4 Å². The number of amides is 1. The van der Waals surface area contributed by atoms with E-state index in [4.69, 9.17) is 9.26 Å². The zero-order valence-corrected chi connectivity index (χ0v) is 19.8. The monoisotopic (exact) mass is 480 g/mol. The number of pyridine rings is 1. The van der Waals surface area contributed by atoms with Crippen molar-refractivity contribution in [2.45, 2.75) is 69.9 Å². The molecule has 0 aromatic carbocycles. The molecule has 5 aliphatic rings. The standard InChI is InChI=1S/C26H32N4O5/c31-20-10-21(30(15-20)25(33)26-11-16-7-17(12-26)9-18(8-16)13-26)24(32)34-6-2-4-22-28-23(29-35-22)19-3-1-5-27-14-19/h1,3,5,14,16-18,20-21,31H,2,4,6-13,15H2/t16?,17?,18?,20?,21-,26?/m0/s1. The molecule has 9 heteroatoms. The number of esters is 1. The third-order valence-electron chi connectivity index (χ3n) is 8.47. The van der Waals surface area contributed by atoms with Crippen LogP contribution in [0.3, 0.4) is 0 Å². The number of rotatable bonds is 7. The summed E-state index contributed by atoms with van der Waals surface area (Å²) in [5.41, 5.74) is 0.443. The van der Waals surface area contributed by atoms with E-state index in [1.54, 1.807) is 17.3 Å². The van der Waals surface area contributed by atoms with E-state index in [2.05, 4.69) is 15.1 Å². The molecule has 1 aliphatic heterocycles. The molecule has 0 radical (unpaired) electrons. The highest BCUT2D eigenvalue weighted by atomic mass is 16.5. The Bertz CT molecular complexity index is 1050. The Labute approximate surface area is 204 Å². The molecule has 4 saturated carbocycles. The van der Waals surface area contributed by atoms with Crippen molar-refractivity contribution in [3.63, 3.8) is 0 Å². The van der Waals surface area contributed by atoms with Gasteiger partial charge in [0.25, 0.3) is 0 Å². The highest BCUT2D eigenvalue weighted by Gasteiger charge is 2.57. The van der Waals surface area contributed by atoms with E-state index >= 15 is 0 Å². The van der Waals surface area contributed by atoms with Crippen LogP contribution in [0, 0.1) is 23.2 Å². The number of aromatic nitrogens is 3. The third-order valence-corrected chi connectivity index (χ3v) is 8.47. The van der Waals surface area contributed by atoms with Crippen molar-refractivity contribution in [2.75, 3.05) is 13.2 Å². The maximum absolute atomic E-state index is 13.8. The fraction of sp³-hybridized carbons (Fsp3) is 0.654. The number of hydrogen-bond acceptors (Lipinski definition) is 8. The van der Waals surface area contributed by atoms with Gasteiger partial charge >= 0.3 is 5.97 Å². The number of likely N-dealkylation sites (tertiary alicyclic amines) is 1. The molecule has 7 rings (SSSR count). The summed E-state index contributed by atoms with van der Waals surface area (Å²) in [5.74, 6) is 2.52. The lowest BCUT2D eigenvalue weighted by atomic mass is 9.49. The highest BCUT2D eigenvalue weighted by molar-refractivity contribution is 5.89. The zero-order chi connectivity index (χ0) is 24.0. The van der Waals surface area contributed by atoms with Gasteiger partial charge in [-0.05, 0) is 74.8 Å². The average Bonchev–Trinajstić information content (AvgIpc) is 3.48. The molecule has 3 heterocycles. The lowest BCUT2D eigenvalue weighted by Gasteiger charge is -2.56. The summed E-state index contributed by atoms with van der Waals surface area (Å²) in [6, 6.07) is 2.96. The fourth-order valence-corrected chi connectivity index (χ4v) is 7.40. The molecule has 1 saturated heterocycles. The van der Waals surface area contributed by atoms with Crippen LogP contribution in [-0.2, 0) is 20.7 Å². The topological polar surface area (TPSA) is 119 Å². The molecule has 4 bridgehead atoms. The second-order valence-electron chi connectivity index (χ2n) is 11.1. The number of aryl methyl sites for hydroxylation is 1. The smallest absolute Gasteiger partial charge is 0.328 e. The minimum absolute atomic E-state index is 0.0730. The molecule has 0 spiro atoms. The molecule has 9 nitrogen and oxygen atoms in total. The van der Waals surface area contributed by atoms with Crippen molar-refractivity contribution in [2.24, 2.45) is 23.2 Å². The van der Waals surface area contributed by atoms with E-state index in [1.807, 2.05) is 12.1 Å². The van der Waals surface area contributed by atoms with Crippen molar-refractivity contribution < 1.29 is 24.0 Å². The maximum Gasteiger partial charge on any atom is 0.328 e. The quantitative estimate of drug-likeness (QED) is 0.475. The second kappa shape index (κ2) is 9.00. The number of hydrogen-bond donors (Lipinski definition) is 1. The number of nitrogens with zero attached hydrogens (tertiary/aromatic N) is 4.